The van der Waals surface area contributed by atoms with E-state index in [0.717, 1.165) is 33.1 Å². The Labute approximate surface area is 329 Å². The molecule has 0 fully saturated rings. The van der Waals surface area contributed by atoms with Crippen LogP contribution < -0.4 is 4.90 Å². The Bertz CT molecular complexity index is 3240. The minimum atomic E-state index is 1.05. The zero-order valence-electron chi connectivity index (χ0n) is 30.4. The van der Waals surface area contributed by atoms with Gasteiger partial charge in [-0.3, -0.25) is 0 Å². The highest BCUT2D eigenvalue weighted by atomic mass is 32.1. The zero-order chi connectivity index (χ0) is 37.0. The predicted molar refractivity (Wildman–Crippen MR) is 241 cm³/mol. The van der Waals surface area contributed by atoms with Crippen LogP contribution >= 0.6 is 11.3 Å². The summed E-state index contributed by atoms with van der Waals surface area (Å²) in [5.41, 5.74) is 10.3. The molecule has 0 aliphatic carbocycles. The summed E-state index contributed by atoms with van der Waals surface area (Å²) >= 11 is 1.75. The molecule has 262 valence electrons. The van der Waals surface area contributed by atoms with Gasteiger partial charge in [-0.15, -0.1) is 11.3 Å². The summed E-state index contributed by atoms with van der Waals surface area (Å²) in [5.74, 6) is 0. The van der Waals surface area contributed by atoms with E-state index in [-0.39, 0.29) is 0 Å². The molecule has 11 rings (SSSR count). The normalized spacial score (nSPS) is 11.6. The maximum absolute atomic E-state index is 5.19. The van der Waals surface area contributed by atoms with Crippen LogP contribution in [-0.4, -0.2) is 4.98 Å². The molecule has 0 bridgehead atoms. The number of rotatable bonds is 6. The van der Waals surface area contributed by atoms with Crippen LogP contribution in [0.3, 0.4) is 0 Å². The van der Waals surface area contributed by atoms with Crippen LogP contribution in [0, 0.1) is 0 Å². The third-order valence-corrected chi connectivity index (χ3v) is 12.1. The lowest BCUT2D eigenvalue weighted by atomic mass is 9.93. The number of anilines is 3. The van der Waals surface area contributed by atoms with E-state index in [9.17, 15) is 0 Å². The first-order valence-corrected chi connectivity index (χ1v) is 19.8. The molecule has 0 aliphatic rings. The van der Waals surface area contributed by atoms with Crippen LogP contribution in [0.4, 0.5) is 17.1 Å². The molecule has 0 radical (unpaired) electrons. The van der Waals surface area contributed by atoms with Crippen molar-refractivity contribution in [2.75, 3.05) is 4.90 Å². The summed E-state index contributed by atoms with van der Waals surface area (Å²) in [5, 5.41) is 10.9. The molecule has 0 N–H and O–H groups in total. The highest BCUT2D eigenvalue weighted by Crippen LogP contribution is 2.42. The van der Waals surface area contributed by atoms with Gasteiger partial charge in [-0.1, -0.05) is 158 Å². The largest absolute Gasteiger partial charge is 0.310 e. The fourth-order valence-corrected chi connectivity index (χ4v) is 9.33. The molecular formula is C53H34N2S. The summed E-state index contributed by atoms with van der Waals surface area (Å²) in [7, 11) is 0. The molecule has 0 aliphatic heterocycles. The van der Waals surface area contributed by atoms with Gasteiger partial charge in [0.15, 0.2) is 0 Å². The Morgan fingerprint density at radius 3 is 1.79 bits per heavy atom. The van der Waals surface area contributed by atoms with Crippen molar-refractivity contribution in [3.63, 3.8) is 0 Å². The van der Waals surface area contributed by atoms with Crippen molar-refractivity contribution in [3.8, 4) is 32.8 Å². The molecule has 0 amide bonds. The zero-order valence-corrected chi connectivity index (χ0v) is 31.2. The fraction of sp³-hybridized carbons (Fsp3) is 0. The summed E-state index contributed by atoms with van der Waals surface area (Å²) in [6.45, 7) is 0. The average molecular weight is 731 g/mol. The second kappa shape index (κ2) is 13.3. The number of aromatic nitrogens is 1. The molecule has 0 saturated carbocycles. The van der Waals surface area contributed by atoms with Crippen LogP contribution in [0.25, 0.3) is 86.1 Å². The lowest BCUT2D eigenvalue weighted by molar-refractivity contribution is 1.29. The fourth-order valence-electron chi connectivity index (χ4n) is 8.34. The Kier molecular flexibility index (Phi) is 7.72. The molecular weight excluding hydrogens is 697 g/mol. The maximum atomic E-state index is 5.19. The Morgan fingerprint density at radius 1 is 0.339 bits per heavy atom. The third kappa shape index (κ3) is 5.52. The van der Waals surface area contributed by atoms with E-state index in [1.807, 2.05) is 0 Å². The van der Waals surface area contributed by atoms with Gasteiger partial charge in [0.05, 0.1) is 10.2 Å². The lowest BCUT2D eigenvalue weighted by Gasteiger charge is -2.27. The van der Waals surface area contributed by atoms with Crippen molar-refractivity contribution in [3.05, 3.63) is 206 Å². The molecule has 0 saturated heterocycles. The van der Waals surface area contributed by atoms with Gasteiger partial charge in [0.2, 0.25) is 0 Å². The van der Waals surface area contributed by atoms with Crippen LogP contribution in [0.1, 0.15) is 0 Å². The van der Waals surface area contributed by atoms with Crippen molar-refractivity contribution in [1.29, 1.82) is 0 Å². The lowest BCUT2D eigenvalue weighted by Crippen LogP contribution is -2.10. The molecule has 56 heavy (non-hydrogen) atoms. The van der Waals surface area contributed by atoms with Gasteiger partial charge in [-0.05, 0) is 108 Å². The summed E-state index contributed by atoms with van der Waals surface area (Å²) < 4.78 is 1.20. The molecule has 10 aromatic carbocycles. The van der Waals surface area contributed by atoms with E-state index in [4.69, 9.17) is 4.98 Å². The first-order chi connectivity index (χ1) is 27.7. The van der Waals surface area contributed by atoms with Crippen LogP contribution in [0.5, 0.6) is 0 Å². The number of benzene rings is 10. The van der Waals surface area contributed by atoms with Crippen LogP contribution in [0.15, 0.2) is 206 Å². The molecule has 1 heterocycles. The highest BCUT2D eigenvalue weighted by molar-refractivity contribution is 7.21. The maximum Gasteiger partial charge on any atom is 0.124 e. The number of nitrogens with zero attached hydrogens (tertiary/aromatic N) is 2. The molecule has 3 heteroatoms. The summed E-state index contributed by atoms with van der Waals surface area (Å²) in [4.78, 5) is 7.58. The van der Waals surface area contributed by atoms with Gasteiger partial charge < -0.3 is 4.90 Å². The van der Waals surface area contributed by atoms with Crippen molar-refractivity contribution in [2.45, 2.75) is 0 Å². The van der Waals surface area contributed by atoms with Crippen LogP contribution in [-0.2, 0) is 0 Å². The third-order valence-electron chi connectivity index (χ3n) is 11.1. The second-order valence-electron chi connectivity index (χ2n) is 14.4. The predicted octanol–water partition coefficient (Wildman–Crippen LogP) is 15.4. The number of thiazole rings is 1. The van der Waals surface area contributed by atoms with E-state index < -0.39 is 0 Å². The van der Waals surface area contributed by atoms with Crippen molar-refractivity contribution in [2.24, 2.45) is 0 Å². The number of fused-ring (bicyclic) bond motifs is 8. The van der Waals surface area contributed by atoms with Gasteiger partial charge in [0.25, 0.3) is 0 Å². The minimum absolute atomic E-state index is 1.05. The van der Waals surface area contributed by atoms with Gasteiger partial charge in [-0.25, -0.2) is 4.98 Å². The molecule has 0 spiro atoms. The monoisotopic (exact) mass is 730 g/mol. The molecule has 0 atom stereocenters. The van der Waals surface area contributed by atoms with E-state index in [2.05, 4.69) is 211 Å². The molecule has 2 nitrogen and oxygen atoms in total. The standard InChI is InChI=1S/C53H34N2S/c1-3-12-35(13-4-1)39-17-11-18-42(32-39)55(41-26-22-36(23-27-41)49-33-40-16-7-8-19-44(40)45-20-9-10-21-46(45)49)43-28-24-37-25-29-48-47(50(37)34-43)30-31-51-52(48)54-53(56-51)38-14-5-2-6-15-38/h1-34H. The Balaban J connectivity index is 1.07. The number of hydrogen-bond donors (Lipinski definition) is 0. The highest BCUT2D eigenvalue weighted by Gasteiger charge is 2.17. The SMILES string of the molecule is c1ccc(-c2cccc(N(c3ccc(-c4cc5ccccc5c5ccccc45)cc3)c3ccc4ccc5c(ccc6sc(-c7ccccc7)nc65)c4c3)c2)cc1. The summed E-state index contributed by atoms with van der Waals surface area (Å²) in [6, 6.07) is 74.7. The minimum Gasteiger partial charge on any atom is -0.310 e. The van der Waals surface area contributed by atoms with E-state index in [1.165, 1.54) is 70.0 Å². The molecule has 1 aromatic heterocycles. The van der Waals surface area contributed by atoms with Crippen LogP contribution in [0.2, 0.25) is 0 Å². The number of hydrogen-bond acceptors (Lipinski definition) is 3. The van der Waals surface area contributed by atoms with Gasteiger partial charge in [0, 0.05) is 28.0 Å². The van der Waals surface area contributed by atoms with Crippen molar-refractivity contribution < 1.29 is 0 Å². The van der Waals surface area contributed by atoms with Gasteiger partial charge in [0.1, 0.15) is 5.01 Å². The Hall–Kier alpha value is -7.07. The first kappa shape index (κ1) is 32.4. The Morgan fingerprint density at radius 2 is 0.964 bits per heavy atom. The summed E-state index contributed by atoms with van der Waals surface area (Å²) in [6.07, 6.45) is 0. The average Bonchev–Trinajstić information content (AvgIpc) is 3.72. The topological polar surface area (TPSA) is 16.1 Å². The van der Waals surface area contributed by atoms with E-state index in [0.29, 0.717) is 0 Å². The first-order valence-electron chi connectivity index (χ1n) is 19.0. The van der Waals surface area contributed by atoms with E-state index >= 15 is 0 Å². The van der Waals surface area contributed by atoms with E-state index in [1.54, 1.807) is 11.3 Å². The second-order valence-corrected chi connectivity index (χ2v) is 15.4. The van der Waals surface area contributed by atoms with Gasteiger partial charge in [-0.2, -0.15) is 0 Å². The van der Waals surface area contributed by atoms with Gasteiger partial charge >= 0.3 is 0 Å². The molecule has 0 unspecified atom stereocenters. The van der Waals surface area contributed by atoms with Crippen molar-refractivity contribution in [1.82, 2.24) is 4.98 Å². The molecule has 11 aromatic rings. The van der Waals surface area contributed by atoms with Crippen molar-refractivity contribution >= 4 is 81.7 Å². The smallest absolute Gasteiger partial charge is 0.124 e. The quantitative estimate of drug-likeness (QED) is 0.158.